The predicted octanol–water partition coefficient (Wildman–Crippen LogP) is 1.72. The van der Waals surface area contributed by atoms with Crippen LogP contribution in [0.1, 0.15) is 5.69 Å². The fourth-order valence-electron chi connectivity index (χ4n) is 1.62. The average molecular weight is 267 g/mol. The fourth-order valence-corrected chi connectivity index (χ4v) is 1.62. The number of hydrogen-bond donors (Lipinski definition) is 0. The maximum Gasteiger partial charge on any atom is 0.262 e. The van der Waals surface area contributed by atoms with E-state index in [2.05, 4.69) is 9.97 Å². The third-order valence-corrected chi connectivity index (χ3v) is 2.66. The SMILES string of the molecule is CN(C(=O)C(C=O)=Cc1ccccn1)c1ccccn1. The molecule has 20 heavy (non-hydrogen) atoms. The number of rotatable bonds is 4. The summed E-state index contributed by atoms with van der Waals surface area (Å²) < 4.78 is 0. The lowest BCUT2D eigenvalue weighted by atomic mass is 10.2. The first kappa shape index (κ1) is 13.6. The lowest BCUT2D eigenvalue weighted by Gasteiger charge is -2.15. The van der Waals surface area contributed by atoms with Gasteiger partial charge in [-0.05, 0) is 30.3 Å². The summed E-state index contributed by atoms with van der Waals surface area (Å²) in [5, 5.41) is 0. The van der Waals surface area contributed by atoms with E-state index in [1.54, 1.807) is 55.8 Å². The lowest BCUT2D eigenvalue weighted by molar-refractivity contribution is -0.116. The zero-order chi connectivity index (χ0) is 14.4. The summed E-state index contributed by atoms with van der Waals surface area (Å²) in [7, 11) is 1.57. The van der Waals surface area contributed by atoms with Crippen LogP contribution < -0.4 is 4.90 Å². The molecule has 2 rings (SSSR count). The molecule has 1 amide bonds. The van der Waals surface area contributed by atoms with Gasteiger partial charge in [0, 0.05) is 19.4 Å². The fraction of sp³-hybridized carbons (Fsp3) is 0.0667. The summed E-state index contributed by atoms with van der Waals surface area (Å²) in [4.78, 5) is 32.8. The standard InChI is InChI=1S/C15H13N3O2/c1-18(14-7-3-5-9-17-14)15(20)12(11-19)10-13-6-2-4-8-16-13/h2-11H,1H3. The van der Waals surface area contributed by atoms with Gasteiger partial charge in [0.1, 0.15) is 5.82 Å². The Morgan fingerprint density at radius 1 is 1.10 bits per heavy atom. The first-order chi connectivity index (χ1) is 9.72. The molecule has 0 unspecified atom stereocenters. The van der Waals surface area contributed by atoms with Gasteiger partial charge >= 0.3 is 0 Å². The highest BCUT2D eigenvalue weighted by Gasteiger charge is 2.16. The Hall–Kier alpha value is -2.82. The van der Waals surface area contributed by atoms with E-state index in [1.165, 1.54) is 11.0 Å². The van der Waals surface area contributed by atoms with Gasteiger partial charge in [-0.1, -0.05) is 12.1 Å². The van der Waals surface area contributed by atoms with Crippen LogP contribution in [0.25, 0.3) is 6.08 Å². The van der Waals surface area contributed by atoms with E-state index >= 15 is 0 Å². The molecule has 2 aromatic heterocycles. The molecule has 5 nitrogen and oxygen atoms in total. The Kier molecular flexibility index (Phi) is 4.34. The predicted molar refractivity (Wildman–Crippen MR) is 75.9 cm³/mol. The van der Waals surface area contributed by atoms with Crippen molar-refractivity contribution in [2.24, 2.45) is 0 Å². The minimum absolute atomic E-state index is 0.0249. The number of carbonyl (C=O) groups excluding carboxylic acids is 2. The van der Waals surface area contributed by atoms with E-state index in [1.807, 2.05) is 0 Å². The number of likely N-dealkylation sites (N-methyl/N-ethyl adjacent to an activating group) is 1. The molecule has 5 heteroatoms. The van der Waals surface area contributed by atoms with Crippen molar-refractivity contribution in [3.05, 3.63) is 60.1 Å². The molecule has 100 valence electrons. The molecule has 2 aromatic rings. The van der Waals surface area contributed by atoms with Gasteiger partial charge in [-0.15, -0.1) is 0 Å². The normalized spacial score (nSPS) is 10.9. The Balaban J connectivity index is 2.26. The van der Waals surface area contributed by atoms with Crippen molar-refractivity contribution in [3.63, 3.8) is 0 Å². The molecule has 0 fully saturated rings. The Labute approximate surface area is 116 Å². The molecule has 0 atom stereocenters. The minimum Gasteiger partial charge on any atom is -0.298 e. The second-order valence-electron chi connectivity index (χ2n) is 4.02. The molecular formula is C15H13N3O2. The first-order valence-electron chi connectivity index (χ1n) is 5.99. The number of amides is 1. The second-order valence-corrected chi connectivity index (χ2v) is 4.02. The van der Waals surface area contributed by atoms with E-state index in [0.717, 1.165) is 0 Å². The van der Waals surface area contributed by atoms with Gasteiger partial charge in [-0.25, -0.2) is 4.98 Å². The van der Waals surface area contributed by atoms with Crippen molar-refractivity contribution in [1.29, 1.82) is 0 Å². The smallest absolute Gasteiger partial charge is 0.262 e. The number of aldehydes is 1. The van der Waals surface area contributed by atoms with E-state index in [-0.39, 0.29) is 5.57 Å². The quantitative estimate of drug-likeness (QED) is 0.366. The van der Waals surface area contributed by atoms with Crippen LogP contribution in [0, 0.1) is 0 Å². The molecule has 0 aromatic carbocycles. The minimum atomic E-state index is -0.427. The third kappa shape index (κ3) is 3.14. The Bertz CT molecular complexity index is 624. The monoisotopic (exact) mass is 267 g/mol. The van der Waals surface area contributed by atoms with Crippen molar-refractivity contribution < 1.29 is 9.59 Å². The lowest BCUT2D eigenvalue weighted by Crippen LogP contribution is -2.28. The number of hydrogen-bond acceptors (Lipinski definition) is 4. The summed E-state index contributed by atoms with van der Waals surface area (Å²) in [6.45, 7) is 0. The summed E-state index contributed by atoms with van der Waals surface area (Å²) in [6, 6.07) is 10.5. The largest absolute Gasteiger partial charge is 0.298 e. The average Bonchev–Trinajstić information content (AvgIpc) is 2.53. The van der Waals surface area contributed by atoms with Crippen molar-refractivity contribution in [2.75, 3.05) is 11.9 Å². The summed E-state index contributed by atoms with van der Waals surface area (Å²) in [5.74, 6) is 0.0515. The van der Waals surface area contributed by atoms with Crippen molar-refractivity contribution >= 4 is 24.1 Å². The van der Waals surface area contributed by atoms with Gasteiger partial charge in [0.25, 0.3) is 5.91 Å². The van der Waals surface area contributed by atoms with Gasteiger partial charge in [0.2, 0.25) is 0 Å². The van der Waals surface area contributed by atoms with Gasteiger partial charge in [0.15, 0.2) is 6.29 Å². The number of pyridine rings is 2. The van der Waals surface area contributed by atoms with Crippen LogP contribution in [0.2, 0.25) is 0 Å². The van der Waals surface area contributed by atoms with Crippen molar-refractivity contribution in [3.8, 4) is 0 Å². The van der Waals surface area contributed by atoms with Crippen LogP contribution in [0.3, 0.4) is 0 Å². The van der Waals surface area contributed by atoms with E-state index in [4.69, 9.17) is 0 Å². The molecule has 0 aliphatic carbocycles. The first-order valence-corrected chi connectivity index (χ1v) is 5.99. The van der Waals surface area contributed by atoms with Gasteiger partial charge < -0.3 is 0 Å². The molecule has 0 aliphatic heterocycles. The number of nitrogens with zero attached hydrogens (tertiary/aromatic N) is 3. The molecule has 0 saturated heterocycles. The topological polar surface area (TPSA) is 63.2 Å². The van der Waals surface area contributed by atoms with Crippen molar-refractivity contribution in [2.45, 2.75) is 0 Å². The molecule has 0 radical (unpaired) electrons. The molecule has 0 saturated carbocycles. The maximum absolute atomic E-state index is 12.2. The summed E-state index contributed by atoms with van der Waals surface area (Å²) in [6.07, 6.45) is 5.16. The molecule has 0 spiro atoms. The van der Waals surface area contributed by atoms with Gasteiger partial charge in [-0.3, -0.25) is 19.5 Å². The van der Waals surface area contributed by atoms with Gasteiger partial charge in [0.05, 0.1) is 11.3 Å². The van der Waals surface area contributed by atoms with Crippen LogP contribution in [0.4, 0.5) is 5.82 Å². The van der Waals surface area contributed by atoms with E-state index in [9.17, 15) is 9.59 Å². The van der Waals surface area contributed by atoms with Gasteiger partial charge in [-0.2, -0.15) is 0 Å². The molecule has 0 N–H and O–H groups in total. The van der Waals surface area contributed by atoms with Crippen LogP contribution in [-0.4, -0.2) is 29.2 Å². The maximum atomic E-state index is 12.2. The number of anilines is 1. The summed E-state index contributed by atoms with van der Waals surface area (Å²) in [5.41, 5.74) is 0.578. The van der Waals surface area contributed by atoms with E-state index < -0.39 is 5.91 Å². The second kappa shape index (κ2) is 6.38. The Morgan fingerprint density at radius 3 is 2.35 bits per heavy atom. The van der Waals surface area contributed by atoms with Crippen LogP contribution in [0.15, 0.2) is 54.4 Å². The highest BCUT2D eigenvalue weighted by atomic mass is 16.2. The van der Waals surface area contributed by atoms with Crippen LogP contribution >= 0.6 is 0 Å². The summed E-state index contributed by atoms with van der Waals surface area (Å²) >= 11 is 0. The number of aromatic nitrogens is 2. The highest BCUT2D eigenvalue weighted by Crippen LogP contribution is 2.11. The van der Waals surface area contributed by atoms with E-state index in [0.29, 0.717) is 17.8 Å². The van der Waals surface area contributed by atoms with Crippen LogP contribution in [-0.2, 0) is 9.59 Å². The van der Waals surface area contributed by atoms with Crippen molar-refractivity contribution in [1.82, 2.24) is 9.97 Å². The molecular weight excluding hydrogens is 254 g/mol. The molecule has 0 aliphatic rings. The third-order valence-electron chi connectivity index (χ3n) is 2.66. The highest BCUT2D eigenvalue weighted by molar-refractivity contribution is 6.20. The molecule has 2 heterocycles. The number of carbonyl (C=O) groups is 2. The van der Waals surface area contributed by atoms with Crippen LogP contribution in [0.5, 0.6) is 0 Å². The molecule has 0 bridgehead atoms. The Morgan fingerprint density at radius 2 is 1.80 bits per heavy atom. The zero-order valence-electron chi connectivity index (χ0n) is 10.9. The zero-order valence-corrected chi connectivity index (χ0v) is 10.9.